The lowest BCUT2D eigenvalue weighted by Crippen LogP contribution is -2.08. The van der Waals surface area contributed by atoms with Gasteiger partial charge in [0, 0.05) is 23.2 Å². The third-order valence-corrected chi connectivity index (χ3v) is 1.16. The largest absolute Gasteiger partial charge is 0.410 e. The average Bonchev–Trinajstić information content (AvgIpc) is 1.93. The lowest BCUT2D eigenvalue weighted by atomic mass is 10.2. The summed E-state index contributed by atoms with van der Waals surface area (Å²) in [6.45, 7) is 0. The number of rotatable bonds is 2. The summed E-state index contributed by atoms with van der Waals surface area (Å²) in [7, 11) is 0. The fourth-order valence-electron chi connectivity index (χ4n) is 0.561. The Bertz CT molecular complexity index is 262. The molecule has 0 bridgehead atoms. The van der Waals surface area contributed by atoms with Crippen LogP contribution in [0, 0.1) is 0 Å². The van der Waals surface area contributed by atoms with Gasteiger partial charge in [0.05, 0.1) is 0 Å². The summed E-state index contributed by atoms with van der Waals surface area (Å²) in [4.78, 5) is 20.4. The summed E-state index contributed by atoms with van der Waals surface area (Å²) in [5.41, 5.74) is -2.00. The van der Waals surface area contributed by atoms with Gasteiger partial charge in [0.15, 0.2) is 11.5 Å². The van der Waals surface area contributed by atoms with Gasteiger partial charge in [0.1, 0.15) is 0 Å². The zero-order valence-corrected chi connectivity index (χ0v) is 7.06. The minimum Gasteiger partial charge on any atom is -0.410 e. The fraction of sp³-hybridized carbons (Fsp3) is 0. The maximum Gasteiger partial charge on any atom is 0.409 e. The molecule has 6 heteroatoms. The topological polar surface area (TPSA) is 52.6 Å². The van der Waals surface area contributed by atoms with Gasteiger partial charge < -0.3 is 9.47 Å². The van der Waals surface area contributed by atoms with Crippen LogP contribution < -0.4 is 0 Å². The van der Waals surface area contributed by atoms with E-state index in [2.05, 4.69) is 9.47 Å². The molecule has 0 N–H and O–H groups in total. The first kappa shape index (κ1) is 9.09. The van der Waals surface area contributed by atoms with Crippen LogP contribution in [0.2, 0.25) is 0 Å². The van der Waals surface area contributed by atoms with Crippen molar-refractivity contribution in [1.82, 2.24) is 0 Å². The molecule has 0 aliphatic heterocycles. The molecule has 1 aliphatic rings. The fourth-order valence-corrected chi connectivity index (χ4v) is 0.727. The molecular formula is C6H2Cl2O4. The lowest BCUT2D eigenvalue weighted by Gasteiger charge is -2.13. The van der Waals surface area contributed by atoms with E-state index in [1.165, 1.54) is 12.2 Å². The van der Waals surface area contributed by atoms with Crippen molar-refractivity contribution in [3.63, 3.8) is 0 Å². The molecule has 0 aromatic heterocycles. The molecule has 64 valence electrons. The Morgan fingerprint density at radius 2 is 1.33 bits per heavy atom. The zero-order valence-electron chi connectivity index (χ0n) is 5.54. The van der Waals surface area contributed by atoms with E-state index < -0.39 is 10.9 Å². The standard InChI is InChI=1S/C6H2Cl2O4/c7-5(9)11-3-1-2-4(3)12-6(8)10/h1-2H. The Morgan fingerprint density at radius 1 is 1.00 bits per heavy atom. The second-order valence-corrected chi connectivity index (χ2v) is 2.36. The highest BCUT2D eigenvalue weighted by Gasteiger charge is 2.19. The molecule has 0 saturated carbocycles. The van der Waals surface area contributed by atoms with E-state index in [1.807, 2.05) is 0 Å². The summed E-state index contributed by atoms with van der Waals surface area (Å²) < 4.78 is 8.77. The molecule has 0 atom stereocenters. The molecule has 0 aromatic rings. The van der Waals surface area contributed by atoms with Crippen molar-refractivity contribution >= 4 is 34.1 Å². The first-order chi connectivity index (χ1) is 5.59. The molecule has 4 nitrogen and oxygen atoms in total. The molecule has 0 amide bonds. The Hall–Kier alpha value is -1.000. The number of allylic oxidation sites excluding steroid dienone is 2. The maximum absolute atomic E-state index is 10.2. The molecule has 0 heterocycles. The van der Waals surface area contributed by atoms with Crippen LogP contribution in [-0.4, -0.2) is 10.9 Å². The van der Waals surface area contributed by atoms with E-state index in [-0.39, 0.29) is 11.5 Å². The minimum absolute atomic E-state index is 0.0870. The van der Waals surface area contributed by atoms with Crippen LogP contribution in [0.1, 0.15) is 0 Å². The van der Waals surface area contributed by atoms with Crippen LogP contribution in [0.25, 0.3) is 0 Å². The number of carbonyl (C=O) groups excluding carboxylic acids is 2. The van der Waals surface area contributed by atoms with Crippen LogP contribution in [0.5, 0.6) is 0 Å². The van der Waals surface area contributed by atoms with E-state index in [4.69, 9.17) is 23.2 Å². The predicted octanol–water partition coefficient (Wildman–Crippen LogP) is 2.52. The third-order valence-electron chi connectivity index (χ3n) is 1.01. The van der Waals surface area contributed by atoms with Crippen LogP contribution in [0.3, 0.4) is 0 Å². The highest BCUT2D eigenvalue weighted by molar-refractivity contribution is 6.61. The van der Waals surface area contributed by atoms with E-state index >= 15 is 0 Å². The van der Waals surface area contributed by atoms with Gasteiger partial charge in [-0.1, -0.05) is 0 Å². The molecule has 1 aliphatic carbocycles. The second kappa shape index (κ2) is 3.60. The van der Waals surface area contributed by atoms with Gasteiger partial charge in [-0.3, -0.25) is 0 Å². The SMILES string of the molecule is O=C(Cl)OC1=CC=C1OC(=O)Cl. The predicted molar refractivity (Wildman–Crippen MR) is 40.8 cm³/mol. The van der Waals surface area contributed by atoms with Crippen molar-refractivity contribution < 1.29 is 19.1 Å². The first-order valence-corrected chi connectivity index (χ1v) is 3.52. The van der Waals surface area contributed by atoms with Crippen LogP contribution in [0.15, 0.2) is 23.7 Å². The van der Waals surface area contributed by atoms with Gasteiger partial charge in [-0.05, 0) is 12.2 Å². The van der Waals surface area contributed by atoms with Crippen molar-refractivity contribution in [2.75, 3.05) is 0 Å². The summed E-state index contributed by atoms with van der Waals surface area (Å²) in [5.74, 6) is 0.174. The minimum atomic E-state index is -1.00. The van der Waals surface area contributed by atoms with Gasteiger partial charge in [-0.2, -0.15) is 0 Å². The Kier molecular flexibility index (Phi) is 2.73. The van der Waals surface area contributed by atoms with Gasteiger partial charge in [-0.15, -0.1) is 0 Å². The second-order valence-electron chi connectivity index (χ2n) is 1.74. The van der Waals surface area contributed by atoms with E-state index in [0.717, 1.165) is 0 Å². The smallest absolute Gasteiger partial charge is 0.409 e. The summed E-state index contributed by atoms with van der Waals surface area (Å²) in [6, 6.07) is 0. The zero-order chi connectivity index (χ0) is 9.14. The van der Waals surface area contributed by atoms with Crippen LogP contribution in [-0.2, 0) is 9.47 Å². The summed E-state index contributed by atoms with van der Waals surface area (Å²) >= 11 is 9.77. The molecule has 0 aromatic carbocycles. The first-order valence-electron chi connectivity index (χ1n) is 2.76. The average molecular weight is 209 g/mol. The number of carbonyl (C=O) groups is 2. The monoisotopic (exact) mass is 208 g/mol. The Labute approximate surface area is 77.3 Å². The quantitative estimate of drug-likeness (QED) is 0.655. The molecule has 0 radical (unpaired) electrons. The van der Waals surface area contributed by atoms with E-state index in [9.17, 15) is 9.59 Å². The maximum atomic E-state index is 10.2. The van der Waals surface area contributed by atoms with Crippen LogP contribution in [0.4, 0.5) is 9.59 Å². The number of hydrogen-bond acceptors (Lipinski definition) is 4. The summed E-state index contributed by atoms with van der Waals surface area (Å²) in [5, 5.41) is 0. The van der Waals surface area contributed by atoms with Gasteiger partial charge in [-0.25, -0.2) is 9.59 Å². The van der Waals surface area contributed by atoms with Gasteiger partial charge in [0.25, 0.3) is 0 Å². The molecule has 0 saturated heterocycles. The van der Waals surface area contributed by atoms with Crippen molar-refractivity contribution in [2.45, 2.75) is 0 Å². The van der Waals surface area contributed by atoms with E-state index in [1.54, 1.807) is 0 Å². The molecular weight excluding hydrogens is 207 g/mol. The number of hydrogen-bond donors (Lipinski definition) is 0. The van der Waals surface area contributed by atoms with Crippen LogP contribution >= 0.6 is 23.2 Å². The highest BCUT2D eigenvalue weighted by Crippen LogP contribution is 2.23. The Morgan fingerprint density at radius 3 is 1.50 bits per heavy atom. The molecule has 12 heavy (non-hydrogen) atoms. The van der Waals surface area contributed by atoms with Crippen molar-refractivity contribution in [3.05, 3.63) is 23.7 Å². The van der Waals surface area contributed by atoms with E-state index in [0.29, 0.717) is 0 Å². The van der Waals surface area contributed by atoms with Gasteiger partial charge in [0.2, 0.25) is 0 Å². The van der Waals surface area contributed by atoms with Crippen molar-refractivity contribution in [2.24, 2.45) is 0 Å². The number of halogens is 2. The molecule has 0 spiro atoms. The number of ether oxygens (including phenoxy) is 2. The normalized spacial score (nSPS) is 13.8. The van der Waals surface area contributed by atoms with Gasteiger partial charge >= 0.3 is 10.9 Å². The Balaban J connectivity index is 2.42. The molecule has 0 fully saturated rings. The molecule has 0 unspecified atom stereocenters. The molecule has 1 rings (SSSR count). The third kappa shape index (κ3) is 2.25. The highest BCUT2D eigenvalue weighted by atomic mass is 35.5. The summed E-state index contributed by atoms with van der Waals surface area (Å²) in [6.07, 6.45) is 2.82. The van der Waals surface area contributed by atoms with Crippen molar-refractivity contribution in [3.8, 4) is 0 Å². The van der Waals surface area contributed by atoms with Crippen molar-refractivity contribution in [1.29, 1.82) is 0 Å². The lowest BCUT2D eigenvalue weighted by molar-refractivity contribution is 0.177.